The molecule has 3 heterocycles. The topological polar surface area (TPSA) is 94.5 Å². The predicted octanol–water partition coefficient (Wildman–Crippen LogP) is 1.43. The Bertz CT molecular complexity index is 670. The third kappa shape index (κ3) is 2.94. The number of nitrogen functional groups attached to an aromatic ring is 1. The molecule has 3 rings (SSSR count). The van der Waals surface area contributed by atoms with Crippen LogP contribution >= 0.6 is 0 Å². The Morgan fingerprint density at radius 3 is 3.09 bits per heavy atom. The number of carbonyl (C=O) groups excluding carboxylic acids is 1. The van der Waals surface area contributed by atoms with Gasteiger partial charge >= 0.3 is 0 Å². The maximum atomic E-state index is 12.5. The number of pyridine rings is 1. The number of carbonyl (C=O) groups is 1. The van der Waals surface area contributed by atoms with Crippen molar-refractivity contribution in [1.82, 2.24) is 15.0 Å². The van der Waals surface area contributed by atoms with Gasteiger partial charge < -0.3 is 19.9 Å². The van der Waals surface area contributed by atoms with E-state index in [4.69, 9.17) is 15.0 Å². The van der Waals surface area contributed by atoms with Crippen LogP contribution in [0.2, 0.25) is 0 Å². The second-order valence-electron chi connectivity index (χ2n) is 5.13. The van der Waals surface area contributed by atoms with E-state index in [0.717, 1.165) is 5.69 Å². The number of nitrogens with two attached hydrogens (primary N) is 1. The fourth-order valence-electron chi connectivity index (χ4n) is 2.40. The summed E-state index contributed by atoms with van der Waals surface area (Å²) in [6, 6.07) is 7.08. The summed E-state index contributed by atoms with van der Waals surface area (Å²) in [7, 11) is 0. The Morgan fingerprint density at radius 2 is 2.36 bits per heavy atom. The van der Waals surface area contributed by atoms with Gasteiger partial charge in [-0.1, -0.05) is 18.1 Å². The van der Waals surface area contributed by atoms with E-state index in [0.29, 0.717) is 43.4 Å². The van der Waals surface area contributed by atoms with Gasteiger partial charge in [0.15, 0.2) is 5.69 Å². The second-order valence-corrected chi connectivity index (χ2v) is 5.13. The van der Waals surface area contributed by atoms with Gasteiger partial charge in [0.1, 0.15) is 17.7 Å². The van der Waals surface area contributed by atoms with Crippen molar-refractivity contribution >= 4 is 11.7 Å². The highest BCUT2D eigenvalue weighted by molar-refractivity contribution is 5.92. The molecule has 1 aliphatic heterocycles. The lowest BCUT2D eigenvalue weighted by atomic mass is 10.1. The zero-order valence-corrected chi connectivity index (χ0v) is 12.4. The molecule has 2 aromatic heterocycles. The lowest BCUT2D eigenvalue weighted by Gasteiger charge is -2.32. The van der Waals surface area contributed by atoms with Crippen LogP contribution in [0.1, 0.15) is 35.0 Å². The first kappa shape index (κ1) is 14.5. The Hall–Kier alpha value is -2.41. The van der Waals surface area contributed by atoms with Crippen molar-refractivity contribution in [1.29, 1.82) is 0 Å². The van der Waals surface area contributed by atoms with Gasteiger partial charge in [-0.15, -0.1) is 0 Å². The van der Waals surface area contributed by atoms with Gasteiger partial charge in [0.2, 0.25) is 0 Å². The summed E-state index contributed by atoms with van der Waals surface area (Å²) in [5.74, 6) is 0.986. The number of hydrogen-bond acceptors (Lipinski definition) is 6. The van der Waals surface area contributed by atoms with Gasteiger partial charge in [-0.2, -0.15) is 0 Å². The fraction of sp³-hybridized carbons (Fsp3) is 0.400. The quantitative estimate of drug-likeness (QED) is 0.921. The minimum absolute atomic E-state index is 0.152. The molecular formula is C15H18N4O3. The summed E-state index contributed by atoms with van der Waals surface area (Å²) in [6.45, 7) is 3.34. The molecule has 1 atom stereocenters. The van der Waals surface area contributed by atoms with Crippen LogP contribution in [0.25, 0.3) is 0 Å². The van der Waals surface area contributed by atoms with Gasteiger partial charge in [-0.05, 0) is 12.1 Å². The van der Waals surface area contributed by atoms with E-state index in [1.54, 1.807) is 17.0 Å². The summed E-state index contributed by atoms with van der Waals surface area (Å²) >= 11 is 0. The van der Waals surface area contributed by atoms with E-state index >= 15 is 0 Å². The highest BCUT2D eigenvalue weighted by Crippen LogP contribution is 2.22. The molecule has 0 aliphatic carbocycles. The van der Waals surface area contributed by atoms with Crippen molar-refractivity contribution in [2.75, 3.05) is 25.4 Å². The third-order valence-corrected chi connectivity index (χ3v) is 3.60. The first-order chi connectivity index (χ1) is 10.7. The van der Waals surface area contributed by atoms with Crippen LogP contribution in [0.5, 0.6) is 0 Å². The Labute approximate surface area is 128 Å². The van der Waals surface area contributed by atoms with Crippen molar-refractivity contribution in [2.45, 2.75) is 19.4 Å². The van der Waals surface area contributed by atoms with Crippen molar-refractivity contribution in [2.24, 2.45) is 0 Å². The number of nitrogens with zero attached hydrogens (tertiary/aromatic N) is 3. The maximum absolute atomic E-state index is 12.5. The SMILES string of the molecule is CCc1cc(C(=O)N2CCO[C@@H](c3cccc(N)n3)C2)no1. The fourth-order valence-corrected chi connectivity index (χ4v) is 2.40. The van der Waals surface area contributed by atoms with E-state index in [1.165, 1.54) is 0 Å². The molecule has 0 unspecified atom stereocenters. The van der Waals surface area contributed by atoms with Crippen LogP contribution in [-0.2, 0) is 11.2 Å². The van der Waals surface area contributed by atoms with Crippen molar-refractivity contribution in [3.63, 3.8) is 0 Å². The number of aryl methyl sites for hydroxylation is 1. The van der Waals surface area contributed by atoms with Crippen molar-refractivity contribution in [3.05, 3.63) is 41.4 Å². The average Bonchev–Trinajstić information content (AvgIpc) is 3.03. The third-order valence-electron chi connectivity index (χ3n) is 3.60. The zero-order chi connectivity index (χ0) is 15.5. The summed E-state index contributed by atoms with van der Waals surface area (Å²) in [4.78, 5) is 18.4. The molecule has 7 nitrogen and oxygen atoms in total. The molecular weight excluding hydrogens is 284 g/mol. The van der Waals surface area contributed by atoms with Crippen LogP contribution in [0.4, 0.5) is 5.82 Å². The largest absolute Gasteiger partial charge is 0.384 e. The number of rotatable bonds is 3. The molecule has 7 heteroatoms. The molecule has 1 saturated heterocycles. The van der Waals surface area contributed by atoms with E-state index in [2.05, 4.69) is 10.1 Å². The molecule has 0 radical (unpaired) electrons. The molecule has 0 bridgehead atoms. The number of anilines is 1. The Morgan fingerprint density at radius 1 is 1.50 bits per heavy atom. The summed E-state index contributed by atoms with van der Waals surface area (Å²) in [6.07, 6.45) is 0.429. The molecule has 22 heavy (non-hydrogen) atoms. The first-order valence-corrected chi connectivity index (χ1v) is 7.26. The molecule has 1 fully saturated rings. The van der Waals surface area contributed by atoms with E-state index in [-0.39, 0.29) is 12.0 Å². The monoisotopic (exact) mass is 302 g/mol. The summed E-state index contributed by atoms with van der Waals surface area (Å²) in [5.41, 5.74) is 6.76. The Balaban J connectivity index is 1.73. The highest BCUT2D eigenvalue weighted by Gasteiger charge is 2.28. The predicted molar refractivity (Wildman–Crippen MR) is 79.1 cm³/mol. The summed E-state index contributed by atoms with van der Waals surface area (Å²) in [5, 5.41) is 3.83. The van der Waals surface area contributed by atoms with Crippen molar-refractivity contribution < 1.29 is 14.1 Å². The van der Waals surface area contributed by atoms with E-state index in [9.17, 15) is 4.79 Å². The highest BCUT2D eigenvalue weighted by atomic mass is 16.5. The molecule has 0 saturated carbocycles. The number of aromatic nitrogens is 2. The molecule has 116 valence electrons. The lowest BCUT2D eigenvalue weighted by Crippen LogP contribution is -2.42. The molecule has 0 spiro atoms. The minimum atomic E-state index is -0.279. The van der Waals surface area contributed by atoms with Crippen LogP contribution < -0.4 is 5.73 Å². The van der Waals surface area contributed by atoms with Gasteiger partial charge in [-0.3, -0.25) is 4.79 Å². The minimum Gasteiger partial charge on any atom is -0.384 e. The van der Waals surface area contributed by atoms with Crippen molar-refractivity contribution in [3.8, 4) is 0 Å². The number of hydrogen-bond donors (Lipinski definition) is 1. The molecule has 1 amide bonds. The Kier molecular flexibility index (Phi) is 4.06. The molecule has 2 aromatic rings. The van der Waals surface area contributed by atoms with Crippen LogP contribution in [0, 0.1) is 0 Å². The average molecular weight is 302 g/mol. The number of amides is 1. The van der Waals surface area contributed by atoms with Crippen LogP contribution in [0.3, 0.4) is 0 Å². The number of morpholine rings is 1. The molecule has 1 aliphatic rings. The van der Waals surface area contributed by atoms with Gasteiger partial charge in [0, 0.05) is 19.0 Å². The number of ether oxygens (including phenoxy) is 1. The normalized spacial score (nSPS) is 18.4. The van der Waals surface area contributed by atoms with E-state index in [1.807, 2.05) is 19.1 Å². The second kappa shape index (κ2) is 6.15. The standard InChI is InChI=1S/C15H18N4O3/c1-2-10-8-12(18-22-10)15(20)19-6-7-21-13(9-19)11-4-3-5-14(16)17-11/h3-5,8,13H,2,6-7,9H2,1H3,(H2,16,17)/t13-/m1/s1. The molecule has 2 N–H and O–H groups in total. The smallest absolute Gasteiger partial charge is 0.276 e. The summed E-state index contributed by atoms with van der Waals surface area (Å²) < 4.78 is 10.8. The van der Waals surface area contributed by atoms with E-state index < -0.39 is 0 Å². The van der Waals surface area contributed by atoms with Gasteiger partial charge in [-0.25, -0.2) is 4.98 Å². The first-order valence-electron chi connectivity index (χ1n) is 7.26. The van der Waals surface area contributed by atoms with Gasteiger partial charge in [0.05, 0.1) is 18.8 Å². The zero-order valence-electron chi connectivity index (χ0n) is 12.4. The lowest BCUT2D eigenvalue weighted by molar-refractivity contribution is -0.0249. The molecule has 0 aromatic carbocycles. The van der Waals surface area contributed by atoms with Crippen LogP contribution in [0.15, 0.2) is 28.8 Å². The van der Waals surface area contributed by atoms with Crippen LogP contribution in [-0.4, -0.2) is 40.6 Å². The maximum Gasteiger partial charge on any atom is 0.276 e. The van der Waals surface area contributed by atoms with Gasteiger partial charge in [0.25, 0.3) is 5.91 Å².